The monoisotopic (exact) mass is 449 g/mol. The summed E-state index contributed by atoms with van der Waals surface area (Å²) in [6.07, 6.45) is 0. The van der Waals surface area contributed by atoms with E-state index in [0.29, 0.717) is 10.7 Å². The Morgan fingerprint density at radius 2 is 1.78 bits per heavy atom. The first-order valence-corrected chi connectivity index (χ1v) is 10.5. The topological polar surface area (TPSA) is 76.3 Å². The number of sulfonamides is 1. The van der Waals surface area contributed by atoms with E-state index in [-0.39, 0.29) is 12.4 Å². The minimum atomic E-state index is -3.68. The van der Waals surface area contributed by atoms with Crippen LogP contribution >= 0.6 is 15.9 Å². The van der Waals surface area contributed by atoms with Crippen LogP contribution in [0.4, 0.5) is 0 Å². The van der Waals surface area contributed by atoms with Crippen LogP contribution in [0.15, 0.2) is 50.3 Å². The minimum absolute atomic E-state index is 0.00388. The van der Waals surface area contributed by atoms with Crippen LogP contribution in [0.3, 0.4) is 0 Å². The SMILES string of the molecule is Cc1cc(C)c(S(=O)(=O)N(C)Cc2nc(-c3cccc(Br)c3)no2)c(C)c1. The van der Waals surface area contributed by atoms with Crippen LogP contribution in [0.5, 0.6) is 0 Å². The van der Waals surface area contributed by atoms with E-state index in [1.165, 1.54) is 11.4 Å². The van der Waals surface area contributed by atoms with E-state index in [2.05, 4.69) is 26.1 Å². The minimum Gasteiger partial charge on any atom is -0.338 e. The zero-order valence-corrected chi connectivity index (χ0v) is 17.9. The van der Waals surface area contributed by atoms with Crippen LogP contribution in [0.2, 0.25) is 0 Å². The second-order valence-electron chi connectivity index (χ2n) is 6.51. The lowest BCUT2D eigenvalue weighted by Gasteiger charge is -2.19. The van der Waals surface area contributed by atoms with Crippen LogP contribution in [0.1, 0.15) is 22.6 Å². The number of hydrogen-bond donors (Lipinski definition) is 0. The quantitative estimate of drug-likeness (QED) is 0.581. The molecule has 0 spiro atoms. The Balaban J connectivity index is 1.86. The Bertz CT molecular complexity index is 1070. The third-order valence-electron chi connectivity index (χ3n) is 4.18. The lowest BCUT2D eigenvalue weighted by atomic mass is 10.1. The Morgan fingerprint density at radius 3 is 2.41 bits per heavy atom. The second-order valence-corrected chi connectivity index (χ2v) is 9.41. The van der Waals surface area contributed by atoms with E-state index in [1.807, 2.05) is 43.3 Å². The first-order valence-electron chi connectivity index (χ1n) is 8.31. The largest absolute Gasteiger partial charge is 0.338 e. The molecule has 142 valence electrons. The summed E-state index contributed by atoms with van der Waals surface area (Å²) in [5.74, 6) is 0.651. The van der Waals surface area contributed by atoms with Crippen molar-refractivity contribution in [1.29, 1.82) is 0 Å². The smallest absolute Gasteiger partial charge is 0.243 e. The van der Waals surface area contributed by atoms with E-state index >= 15 is 0 Å². The first kappa shape index (κ1) is 19.7. The Kier molecular flexibility index (Phi) is 5.50. The van der Waals surface area contributed by atoms with Gasteiger partial charge < -0.3 is 4.52 Å². The molecule has 0 atom stereocenters. The maximum absolute atomic E-state index is 13.0. The highest BCUT2D eigenvalue weighted by Crippen LogP contribution is 2.26. The molecule has 2 aromatic carbocycles. The van der Waals surface area contributed by atoms with Crippen LogP contribution in [0.25, 0.3) is 11.4 Å². The zero-order valence-electron chi connectivity index (χ0n) is 15.5. The average Bonchev–Trinajstić information content (AvgIpc) is 3.02. The van der Waals surface area contributed by atoms with Gasteiger partial charge in [0.25, 0.3) is 0 Å². The molecule has 0 fully saturated rings. The third kappa shape index (κ3) is 4.12. The predicted octanol–water partition coefficient (Wildman–Crippen LogP) is 4.25. The number of benzene rings is 2. The Hall–Kier alpha value is -2.03. The van der Waals surface area contributed by atoms with E-state index in [0.717, 1.165) is 26.7 Å². The Labute approximate surface area is 167 Å². The molecule has 0 aliphatic carbocycles. The van der Waals surface area contributed by atoms with Crippen molar-refractivity contribution in [2.45, 2.75) is 32.2 Å². The number of aromatic nitrogens is 2. The molecule has 6 nitrogen and oxygen atoms in total. The molecule has 0 amide bonds. The molecule has 0 aliphatic rings. The standard InChI is InChI=1S/C19H20BrN3O3S/c1-12-8-13(2)18(14(3)9-12)27(24,25)23(4)11-17-21-19(22-26-17)15-6-5-7-16(20)10-15/h5-10H,11H2,1-4H3. The summed E-state index contributed by atoms with van der Waals surface area (Å²) in [5, 5.41) is 3.95. The van der Waals surface area contributed by atoms with Gasteiger partial charge in [0, 0.05) is 17.1 Å². The molecule has 27 heavy (non-hydrogen) atoms. The molecule has 0 N–H and O–H groups in total. The fourth-order valence-corrected chi connectivity index (χ4v) is 4.99. The second kappa shape index (κ2) is 7.53. The van der Waals surface area contributed by atoms with Crippen LogP contribution in [0, 0.1) is 20.8 Å². The number of aryl methyl sites for hydroxylation is 3. The van der Waals surface area contributed by atoms with Gasteiger partial charge >= 0.3 is 0 Å². The van der Waals surface area contributed by atoms with Gasteiger partial charge in [-0.1, -0.05) is 50.9 Å². The number of nitrogens with zero attached hydrogens (tertiary/aromatic N) is 3. The molecule has 0 bridgehead atoms. The molecule has 3 rings (SSSR count). The van der Waals surface area contributed by atoms with Crippen molar-refractivity contribution >= 4 is 26.0 Å². The highest BCUT2D eigenvalue weighted by atomic mass is 79.9. The van der Waals surface area contributed by atoms with Gasteiger partial charge in [-0.25, -0.2) is 8.42 Å². The first-order chi connectivity index (χ1) is 12.7. The molecular weight excluding hydrogens is 430 g/mol. The van der Waals surface area contributed by atoms with Gasteiger partial charge in [-0.15, -0.1) is 0 Å². The molecule has 0 saturated heterocycles. The third-order valence-corrected chi connectivity index (χ3v) is 6.78. The fraction of sp³-hybridized carbons (Fsp3) is 0.263. The molecule has 1 heterocycles. The zero-order chi connectivity index (χ0) is 19.8. The van der Waals surface area contributed by atoms with E-state index in [4.69, 9.17) is 4.52 Å². The van der Waals surface area contributed by atoms with Gasteiger partial charge in [0.2, 0.25) is 21.7 Å². The van der Waals surface area contributed by atoms with Crippen molar-refractivity contribution in [3.05, 3.63) is 63.5 Å². The predicted molar refractivity (Wildman–Crippen MR) is 107 cm³/mol. The average molecular weight is 450 g/mol. The van der Waals surface area contributed by atoms with Crippen LogP contribution in [-0.2, 0) is 16.6 Å². The maximum atomic E-state index is 13.0. The summed E-state index contributed by atoms with van der Waals surface area (Å²) < 4.78 is 33.5. The maximum Gasteiger partial charge on any atom is 0.243 e. The van der Waals surface area contributed by atoms with Crippen molar-refractivity contribution in [1.82, 2.24) is 14.4 Å². The van der Waals surface area contributed by atoms with Crippen molar-refractivity contribution in [2.75, 3.05) is 7.05 Å². The number of rotatable bonds is 5. The van der Waals surface area contributed by atoms with Gasteiger partial charge in [-0.05, 0) is 44.0 Å². The summed E-state index contributed by atoms with van der Waals surface area (Å²) in [6.45, 7) is 5.55. The van der Waals surface area contributed by atoms with E-state index in [9.17, 15) is 8.42 Å². The molecule has 0 radical (unpaired) electrons. The lowest BCUT2D eigenvalue weighted by molar-refractivity contribution is 0.336. The summed E-state index contributed by atoms with van der Waals surface area (Å²) in [6, 6.07) is 11.2. The van der Waals surface area contributed by atoms with Gasteiger partial charge in [0.1, 0.15) is 0 Å². The number of hydrogen-bond acceptors (Lipinski definition) is 5. The van der Waals surface area contributed by atoms with Gasteiger partial charge in [0.15, 0.2) is 0 Å². The van der Waals surface area contributed by atoms with Crippen molar-refractivity contribution in [2.24, 2.45) is 0 Å². The van der Waals surface area contributed by atoms with Crippen LogP contribution in [-0.4, -0.2) is 29.9 Å². The van der Waals surface area contributed by atoms with Crippen molar-refractivity contribution < 1.29 is 12.9 Å². The molecule has 0 unspecified atom stereocenters. The summed E-state index contributed by atoms with van der Waals surface area (Å²) in [7, 11) is -2.17. The summed E-state index contributed by atoms with van der Waals surface area (Å²) in [4.78, 5) is 4.64. The summed E-state index contributed by atoms with van der Waals surface area (Å²) >= 11 is 3.40. The normalized spacial score (nSPS) is 11.9. The fourth-order valence-electron chi connectivity index (χ4n) is 3.07. The molecular formula is C19H20BrN3O3S. The van der Waals surface area contributed by atoms with E-state index in [1.54, 1.807) is 13.8 Å². The molecule has 3 aromatic rings. The van der Waals surface area contributed by atoms with Crippen molar-refractivity contribution in [3.8, 4) is 11.4 Å². The lowest BCUT2D eigenvalue weighted by Crippen LogP contribution is -2.28. The molecule has 0 aliphatic heterocycles. The van der Waals surface area contributed by atoms with E-state index < -0.39 is 10.0 Å². The highest BCUT2D eigenvalue weighted by molar-refractivity contribution is 9.10. The van der Waals surface area contributed by atoms with Gasteiger partial charge in [-0.3, -0.25) is 0 Å². The van der Waals surface area contributed by atoms with Gasteiger partial charge in [-0.2, -0.15) is 9.29 Å². The Morgan fingerprint density at radius 1 is 1.11 bits per heavy atom. The number of halogens is 1. The van der Waals surface area contributed by atoms with Crippen LogP contribution < -0.4 is 0 Å². The van der Waals surface area contributed by atoms with Crippen molar-refractivity contribution in [3.63, 3.8) is 0 Å². The molecule has 1 aromatic heterocycles. The molecule has 0 saturated carbocycles. The molecule has 8 heteroatoms. The summed E-state index contributed by atoms with van der Waals surface area (Å²) in [5.41, 5.74) is 3.26. The highest BCUT2D eigenvalue weighted by Gasteiger charge is 2.26. The van der Waals surface area contributed by atoms with Gasteiger partial charge in [0.05, 0.1) is 11.4 Å².